The SMILES string of the molecule is O=C(c1ccc(N2CCCS2(=O)=O)cc1)N1CCn2cccc2C1c1ccccc1. The van der Waals surface area contributed by atoms with Crippen LogP contribution in [0.3, 0.4) is 0 Å². The van der Waals surface area contributed by atoms with Crippen LogP contribution in [-0.2, 0) is 16.6 Å². The van der Waals surface area contributed by atoms with Crippen molar-refractivity contribution in [2.45, 2.75) is 19.0 Å². The van der Waals surface area contributed by atoms with Crippen molar-refractivity contribution in [2.75, 3.05) is 23.1 Å². The average molecular weight is 422 g/mol. The number of aromatic nitrogens is 1. The van der Waals surface area contributed by atoms with Gasteiger partial charge < -0.3 is 9.47 Å². The molecule has 154 valence electrons. The van der Waals surface area contributed by atoms with E-state index in [0.717, 1.165) is 17.8 Å². The summed E-state index contributed by atoms with van der Waals surface area (Å²) in [6.07, 6.45) is 2.69. The number of hydrogen-bond acceptors (Lipinski definition) is 3. The van der Waals surface area contributed by atoms with E-state index < -0.39 is 10.0 Å². The summed E-state index contributed by atoms with van der Waals surface area (Å²) in [7, 11) is -3.23. The first-order chi connectivity index (χ1) is 14.5. The Hall–Kier alpha value is -3.06. The van der Waals surface area contributed by atoms with Gasteiger partial charge in [0.05, 0.1) is 17.5 Å². The Labute approximate surface area is 176 Å². The lowest BCUT2D eigenvalue weighted by molar-refractivity contribution is 0.0664. The summed E-state index contributed by atoms with van der Waals surface area (Å²) < 4.78 is 28.0. The maximum Gasteiger partial charge on any atom is 0.254 e. The van der Waals surface area contributed by atoms with E-state index in [1.807, 2.05) is 29.2 Å². The molecule has 1 amide bonds. The van der Waals surface area contributed by atoms with E-state index in [2.05, 4.69) is 29.0 Å². The van der Waals surface area contributed by atoms with Crippen LogP contribution in [0.25, 0.3) is 0 Å². The topological polar surface area (TPSA) is 62.6 Å². The van der Waals surface area contributed by atoms with E-state index in [4.69, 9.17) is 0 Å². The molecular weight excluding hydrogens is 398 g/mol. The monoisotopic (exact) mass is 421 g/mol. The fourth-order valence-electron chi connectivity index (χ4n) is 4.45. The third-order valence-electron chi connectivity index (χ3n) is 5.92. The van der Waals surface area contributed by atoms with Crippen LogP contribution in [0.4, 0.5) is 5.69 Å². The number of carbonyl (C=O) groups is 1. The van der Waals surface area contributed by atoms with E-state index >= 15 is 0 Å². The van der Waals surface area contributed by atoms with Crippen LogP contribution in [0.15, 0.2) is 72.9 Å². The summed E-state index contributed by atoms with van der Waals surface area (Å²) in [6.45, 7) is 1.86. The number of hydrogen-bond donors (Lipinski definition) is 0. The minimum Gasteiger partial charge on any atom is -0.348 e. The minimum atomic E-state index is -3.23. The van der Waals surface area contributed by atoms with Crippen LogP contribution in [0.2, 0.25) is 0 Å². The molecule has 0 radical (unpaired) electrons. The van der Waals surface area contributed by atoms with Crippen LogP contribution >= 0.6 is 0 Å². The van der Waals surface area contributed by atoms with Crippen LogP contribution in [-0.4, -0.2) is 42.6 Å². The number of carbonyl (C=O) groups excluding carboxylic acids is 1. The molecule has 2 aromatic carbocycles. The summed E-state index contributed by atoms with van der Waals surface area (Å²) in [5.41, 5.74) is 3.36. The van der Waals surface area contributed by atoms with Gasteiger partial charge in [0.25, 0.3) is 5.91 Å². The number of anilines is 1. The number of rotatable bonds is 3. The van der Waals surface area contributed by atoms with Crippen LogP contribution in [0, 0.1) is 0 Å². The Morgan fingerprint density at radius 1 is 0.867 bits per heavy atom. The van der Waals surface area contributed by atoms with Crippen molar-refractivity contribution >= 4 is 21.6 Å². The first kappa shape index (κ1) is 18.9. The Balaban J connectivity index is 1.46. The van der Waals surface area contributed by atoms with Crippen molar-refractivity contribution < 1.29 is 13.2 Å². The normalized spacial score (nSPS) is 20.2. The van der Waals surface area contributed by atoms with Crippen LogP contribution in [0.5, 0.6) is 0 Å². The molecule has 0 spiro atoms. The number of benzene rings is 2. The molecule has 2 aliphatic rings. The van der Waals surface area contributed by atoms with Crippen molar-refractivity contribution in [3.63, 3.8) is 0 Å². The molecule has 30 heavy (non-hydrogen) atoms. The molecule has 1 fully saturated rings. The van der Waals surface area contributed by atoms with E-state index in [-0.39, 0.29) is 17.7 Å². The zero-order valence-corrected chi connectivity index (χ0v) is 17.3. The van der Waals surface area contributed by atoms with Gasteiger partial charge in [0.15, 0.2) is 0 Å². The van der Waals surface area contributed by atoms with Crippen molar-refractivity contribution in [1.82, 2.24) is 9.47 Å². The van der Waals surface area contributed by atoms with E-state index in [1.54, 1.807) is 24.3 Å². The molecule has 6 nitrogen and oxygen atoms in total. The maximum atomic E-state index is 13.5. The zero-order chi connectivity index (χ0) is 20.7. The fourth-order valence-corrected chi connectivity index (χ4v) is 6.02. The quantitative estimate of drug-likeness (QED) is 0.652. The van der Waals surface area contributed by atoms with Crippen molar-refractivity contribution in [1.29, 1.82) is 0 Å². The maximum absolute atomic E-state index is 13.5. The van der Waals surface area contributed by atoms with E-state index in [0.29, 0.717) is 30.8 Å². The summed E-state index contributed by atoms with van der Waals surface area (Å²) in [5, 5.41) is 0. The lowest BCUT2D eigenvalue weighted by Gasteiger charge is -2.37. The van der Waals surface area contributed by atoms with Crippen molar-refractivity contribution in [3.8, 4) is 0 Å². The summed E-state index contributed by atoms with van der Waals surface area (Å²) in [6, 6.07) is 20.9. The van der Waals surface area contributed by atoms with E-state index in [1.165, 1.54) is 4.31 Å². The van der Waals surface area contributed by atoms with Gasteiger partial charge in [0.1, 0.15) is 0 Å². The number of fused-ring (bicyclic) bond motifs is 1. The van der Waals surface area contributed by atoms with Crippen LogP contribution in [0.1, 0.15) is 34.1 Å². The molecule has 0 saturated carbocycles. The van der Waals surface area contributed by atoms with Crippen LogP contribution < -0.4 is 4.31 Å². The third kappa shape index (κ3) is 3.19. The number of nitrogens with zero attached hydrogens (tertiary/aromatic N) is 3. The lowest BCUT2D eigenvalue weighted by atomic mass is 9.99. The highest BCUT2D eigenvalue weighted by molar-refractivity contribution is 7.93. The highest BCUT2D eigenvalue weighted by atomic mass is 32.2. The summed E-state index contributed by atoms with van der Waals surface area (Å²) >= 11 is 0. The zero-order valence-electron chi connectivity index (χ0n) is 16.5. The lowest BCUT2D eigenvalue weighted by Crippen LogP contribution is -2.42. The van der Waals surface area contributed by atoms with Crippen molar-refractivity contribution in [3.05, 3.63) is 89.7 Å². The molecular formula is C23H23N3O3S. The first-order valence-electron chi connectivity index (χ1n) is 10.2. The Bertz CT molecular complexity index is 1170. The van der Waals surface area contributed by atoms with E-state index in [9.17, 15) is 13.2 Å². The number of amides is 1. The van der Waals surface area contributed by atoms with Crippen molar-refractivity contribution in [2.24, 2.45) is 0 Å². The molecule has 1 atom stereocenters. The second-order valence-corrected chi connectivity index (χ2v) is 9.74. The molecule has 1 unspecified atom stereocenters. The predicted molar refractivity (Wildman–Crippen MR) is 116 cm³/mol. The highest BCUT2D eigenvalue weighted by Gasteiger charge is 2.33. The summed E-state index contributed by atoms with van der Waals surface area (Å²) in [5.74, 6) is 0.131. The second-order valence-electron chi connectivity index (χ2n) is 7.73. The summed E-state index contributed by atoms with van der Waals surface area (Å²) in [4.78, 5) is 15.4. The molecule has 3 heterocycles. The molecule has 1 aromatic heterocycles. The molecule has 0 aliphatic carbocycles. The van der Waals surface area contributed by atoms with Gasteiger partial charge in [-0.15, -0.1) is 0 Å². The van der Waals surface area contributed by atoms with Gasteiger partial charge in [-0.05, 0) is 48.4 Å². The smallest absolute Gasteiger partial charge is 0.254 e. The highest BCUT2D eigenvalue weighted by Crippen LogP contribution is 2.34. The second kappa shape index (κ2) is 7.32. The number of sulfonamides is 1. The van der Waals surface area contributed by atoms with Gasteiger partial charge in [-0.1, -0.05) is 30.3 Å². The molecule has 2 aliphatic heterocycles. The molecule has 1 saturated heterocycles. The predicted octanol–water partition coefficient (Wildman–Crippen LogP) is 3.27. The molecule has 0 bridgehead atoms. The Morgan fingerprint density at radius 3 is 2.33 bits per heavy atom. The minimum absolute atomic E-state index is 0.0490. The molecule has 5 rings (SSSR count). The molecule has 0 N–H and O–H groups in total. The molecule has 7 heteroatoms. The Kier molecular flexibility index (Phi) is 4.62. The Morgan fingerprint density at radius 2 is 1.63 bits per heavy atom. The van der Waals surface area contributed by atoms with Gasteiger partial charge in [0, 0.05) is 37.1 Å². The largest absolute Gasteiger partial charge is 0.348 e. The first-order valence-corrected chi connectivity index (χ1v) is 11.8. The fraction of sp³-hybridized carbons (Fsp3) is 0.261. The van der Waals surface area contributed by atoms with Gasteiger partial charge in [0.2, 0.25) is 10.0 Å². The van der Waals surface area contributed by atoms with Gasteiger partial charge in [-0.25, -0.2) is 8.42 Å². The van der Waals surface area contributed by atoms with Gasteiger partial charge >= 0.3 is 0 Å². The standard InChI is InChI=1S/C23H23N3O3S/c27-23(19-9-11-20(12-10-19)26-14-5-17-30(26,28)29)25-16-15-24-13-4-8-21(24)22(25)18-6-2-1-3-7-18/h1-4,6-13,22H,5,14-17H2. The average Bonchev–Trinajstić information content (AvgIpc) is 3.39. The van der Waals surface area contributed by atoms with Gasteiger partial charge in [-0.2, -0.15) is 0 Å². The molecule has 3 aromatic rings. The van der Waals surface area contributed by atoms with Gasteiger partial charge in [-0.3, -0.25) is 9.10 Å². The third-order valence-corrected chi connectivity index (χ3v) is 7.79.